The highest BCUT2D eigenvalue weighted by Gasteiger charge is 2.32. The van der Waals surface area contributed by atoms with Gasteiger partial charge >= 0.3 is 5.97 Å². The third-order valence-corrected chi connectivity index (χ3v) is 8.84. The van der Waals surface area contributed by atoms with Crippen LogP contribution in [0, 0.1) is 11.7 Å². The number of methoxy groups -OCH3 is 1. The van der Waals surface area contributed by atoms with Crippen LogP contribution in [0.1, 0.15) is 42.7 Å². The van der Waals surface area contributed by atoms with E-state index in [-0.39, 0.29) is 46.8 Å². The van der Waals surface area contributed by atoms with Gasteiger partial charge in [0.15, 0.2) is 5.69 Å². The number of hydrogen-bond donors (Lipinski definition) is 2. The third-order valence-electron chi connectivity index (χ3n) is 6.14. The average molecular weight is 618 g/mol. The first-order valence-electron chi connectivity index (χ1n) is 13.2. The Kier molecular flexibility index (Phi) is 10.1. The Balaban J connectivity index is 1.62. The Labute approximate surface area is 247 Å². The number of hydrogen-bond acceptors (Lipinski definition) is 10. The van der Waals surface area contributed by atoms with E-state index >= 15 is 4.39 Å². The van der Waals surface area contributed by atoms with Crippen molar-refractivity contribution in [2.24, 2.45) is 10.9 Å². The molecule has 42 heavy (non-hydrogen) atoms. The van der Waals surface area contributed by atoms with Crippen molar-refractivity contribution in [3.8, 4) is 5.75 Å². The Bertz CT molecular complexity index is 1560. The molecule has 224 valence electrons. The van der Waals surface area contributed by atoms with Gasteiger partial charge in [-0.15, -0.1) is 11.3 Å². The molecule has 11 nitrogen and oxygen atoms in total. The highest BCUT2D eigenvalue weighted by Crippen LogP contribution is 2.34. The van der Waals surface area contributed by atoms with Crippen LogP contribution in [0.3, 0.4) is 0 Å². The fourth-order valence-electron chi connectivity index (χ4n) is 3.97. The summed E-state index contributed by atoms with van der Waals surface area (Å²) in [6.07, 6.45) is 0.471. The number of amidine groups is 1. The van der Waals surface area contributed by atoms with Gasteiger partial charge in [0.2, 0.25) is 5.91 Å². The van der Waals surface area contributed by atoms with E-state index in [0.29, 0.717) is 24.3 Å². The molecule has 0 saturated carbocycles. The van der Waals surface area contributed by atoms with Gasteiger partial charge in [0.05, 0.1) is 48.7 Å². The average Bonchev–Trinajstić information content (AvgIpc) is 3.67. The van der Waals surface area contributed by atoms with Crippen LogP contribution in [0.4, 0.5) is 15.1 Å². The zero-order valence-corrected chi connectivity index (χ0v) is 25.1. The van der Waals surface area contributed by atoms with Crippen LogP contribution in [0.25, 0.3) is 0 Å². The molecule has 0 unspecified atom stereocenters. The number of anilines is 2. The van der Waals surface area contributed by atoms with Crippen molar-refractivity contribution in [3.05, 3.63) is 65.0 Å². The number of aliphatic imine (C=N–C) groups is 1. The Morgan fingerprint density at radius 3 is 2.60 bits per heavy atom. The largest absolute Gasteiger partial charge is 0.497 e. The molecule has 0 aliphatic carbocycles. The first-order valence-corrected chi connectivity index (χ1v) is 15.5. The maximum Gasteiger partial charge on any atom is 0.360 e. The number of rotatable bonds is 13. The number of carbonyl (C=O) groups is 2. The van der Waals surface area contributed by atoms with Gasteiger partial charge in [0, 0.05) is 19.4 Å². The fraction of sp³-hybridized carbons (Fsp3) is 0.357. The predicted molar refractivity (Wildman–Crippen MR) is 158 cm³/mol. The van der Waals surface area contributed by atoms with Crippen molar-refractivity contribution in [1.82, 2.24) is 10.3 Å². The number of thiazole rings is 1. The molecule has 3 aromatic rings. The van der Waals surface area contributed by atoms with Gasteiger partial charge in [-0.25, -0.2) is 22.6 Å². The molecular formula is C28H32FN5O6S2. The molecule has 0 saturated heterocycles. The molecule has 0 fully saturated rings. The summed E-state index contributed by atoms with van der Waals surface area (Å²) in [5.41, 5.74) is 1.62. The van der Waals surface area contributed by atoms with Gasteiger partial charge in [-0.1, -0.05) is 26.0 Å². The molecule has 1 aromatic heterocycles. The summed E-state index contributed by atoms with van der Waals surface area (Å²) >= 11 is 0.945. The van der Waals surface area contributed by atoms with Gasteiger partial charge in [0.25, 0.3) is 10.0 Å². The quantitative estimate of drug-likeness (QED) is 0.272. The summed E-state index contributed by atoms with van der Waals surface area (Å²) in [5.74, 6) is -0.763. The summed E-state index contributed by atoms with van der Waals surface area (Å²) in [4.78, 5) is 33.2. The molecule has 2 N–H and O–H groups in total. The van der Waals surface area contributed by atoms with Gasteiger partial charge in [-0.3, -0.25) is 14.1 Å². The lowest BCUT2D eigenvalue weighted by molar-refractivity contribution is -0.116. The van der Waals surface area contributed by atoms with E-state index in [1.165, 1.54) is 24.8 Å². The zero-order chi connectivity index (χ0) is 30.3. The first kappa shape index (κ1) is 30.9. The summed E-state index contributed by atoms with van der Waals surface area (Å²) in [7, 11) is -2.91. The van der Waals surface area contributed by atoms with Crippen LogP contribution in [0.2, 0.25) is 0 Å². The number of nitrogens with one attached hydrogen (secondary N) is 2. The summed E-state index contributed by atoms with van der Waals surface area (Å²) in [6.45, 7) is 5.06. The maximum absolute atomic E-state index is 15.2. The minimum absolute atomic E-state index is 0.0285. The smallest absolute Gasteiger partial charge is 0.360 e. The number of aromatic nitrogens is 1. The third kappa shape index (κ3) is 7.62. The van der Waals surface area contributed by atoms with Crippen LogP contribution in [-0.4, -0.2) is 57.9 Å². The molecule has 4 rings (SSSR count). The molecule has 0 atom stereocenters. The molecule has 14 heteroatoms. The minimum Gasteiger partial charge on any atom is -0.497 e. The van der Waals surface area contributed by atoms with Gasteiger partial charge in [-0.2, -0.15) is 0 Å². The fourth-order valence-corrected chi connectivity index (χ4v) is 6.46. The lowest BCUT2D eigenvalue weighted by Crippen LogP contribution is -2.31. The second kappa shape index (κ2) is 13.7. The van der Waals surface area contributed by atoms with Crippen LogP contribution in [-0.2, 0) is 26.1 Å². The second-order valence-electron chi connectivity index (χ2n) is 9.80. The number of benzene rings is 2. The van der Waals surface area contributed by atoms with E-state index in [4.69, 9.17) is 9.47 Å². The number of carbonyl (C=O) groups excluding carboxylic acids is 2. The molecular weight excluding hydrogens is 585 g/mol. The Morgan fingerprint density at radius 2 is 1.95 bits per heavy atom. The number of nitrogens with zero attached hydrogens (tertiary/aromatic N) is 3. The lowest BCUT2D eigenvalue weighted by Gasteiger charge is -2.24. The Hall–Kier alpha value is -4.04. The number of amides is 1. The van der Waals surface area contributed by atoms with Crippen molar-refractivity contribution in [2.45, 2.75) is 38.1 Å². The van der Waals surface area contributed by atoms with E-state index in [1.54, 1.807) is 24.3 Å². The topological polar surface area (TPSA) is 139 Å². The molecule has 0 spiro atoms. The molecule has 0 radical (unpaired) electrons. The number of halogens is 1. The van der Waals surface area contributed by atoms with Crippen molar-refractivity contribution in [3.63, 3.8) is 0 Å². The molecule has 2 aromatic carbocycles. The van der Waals surface area contributed by atoms with E-state index < -0.39 is 27.7 Å². The predicted octanol–water partition coefficient (Wildman–Crippen LogP) is 4.22. The SMILES string of the molecule is COc1ccc(CN(c2scnc2C(=O)OCC(C)C)S(=O)(=O)c2ccc(NC(=O)CCC3=NCCN3)c(F)c2)cc1. The van der Waals surface area contributed by atoms with Gasteiger partial charge in [0.1, 0.15) is 16.6 Å². The normalized spacial score (nSPS) is 12.9. The number of sulfonamides is 1. The Morgan fingerprint density at radius 1 is 1.19 bits per heavy atom. The van der Waals surface area contributed by atoms with Crippen LogP contribution in [0.5, 0.6) is 5.75 Å². The molecule has 2 heterocycles. The van der Waals surface area contributed by atoms with E-state index in [0.717, 1.165) is 34.1 Å². The second-order valence-corrected chi connectivity index (χ2v) is 12.5. The van der Waals surface area contributed by atoms with E-state index in [2.05, 4.69) is 20.6 Å². The van der Waals surface area contributed by atoms with E-state index in [9.17, 15) is 18.0 Å². The summed E-state index contributed by atoms with van der Waals surface area (Å²) in [5, 5.41) is 5.57. The van der Waals surface area contributed by atoms with Crippen molar-refractivity contribution < 1.29 is 31.9 Å². The highest BCUT2D eigenvalue weighted by atomic mass is 32.2. The van der Waals surface area contributed by atoms with Crippen molar-refractivity contribution >= 4 is 49.8 Å². The van der Waals surface area contributed by atoms with Crippen molar-refractivity contribution in [2.75, 3.05) is 36.4 Å². The molecule has 0 bridgehead atoms. The van der Waals surface area contributed by atoms with E-state index in [1.807, 2.05) is 13.8 Å². The number of ether oxygens (including phenoxy) is 2. The molecule has 1 amide bonds. The molecule has 1 aliphatic heterocycles. The molecule has 1 aliphatic rings. The zero-order valence-electron chi connectivity index (χ0n) is 23.4. The van der Waals surface area contributed by atoms with Crippen LogP contribution >= 0.6 is 11.3 Å². The standard InChI is InChI=1S/C28H32FN5O6S2/c1-18(2)16-40-28(36)26-27(41-17-32-26)34(15-19-4-6-20(39-3)7-5-19)42(37,38)21-8-9-23(22(29)14-21)33-25(35)11-10-24-30-12-13-31-24/h4-9,14,17-18H,10-13,15-16H2,1-3H3,(H,30,31)(H,33,35). The van der Waals surface area contributed by atoms with Crippen molar-refractivity contribution in [1.29, 1.82) is 0 Å². The highest BCUT2D eigenvalue weighted by molar-refractivity contribution is 7.93. The van der Waals surface area contributed by atoms with Gasteiger partial charge in [-0.05, 0) is 41.8 Å². The maximum atomic E-state index is 15.2. The van der Waals surface area contributed by atoms with Gasteiger partial charge < -0.3 is 20.1 Å². The van der Waals surface area contributed by atoms with Crippen LogP contribution < -0.4 is 19.7 Å². The first-order chi connectivity index (χ1) is 20.1. The lowest BCUT2D eigenvalue weighted by atomic mass is 10.2. The number of esters is 1. The summed E-state index contributed by atoms with van der Waals surface area (Å²) < 4.78 is 54.6. The van der Waals surface area contributed by atoms with Crippen LogP contribution in [0.15, 0.2) is 57.9 Å². The monoisotopic (exact) mass is 617 g/mol. The summed E-state index contributed by atoms with van der Waals surface area (Å²) in [6, 6.07) is 9.97. The minimum atomic E-state index is -4.43.